The van der Waals surface area contributed by atoms with Crippen LogP contribution in [-0.4, -0.2) is 30.6 Å². The van der Waals surface area contributed by atoms with Crippen LogP contribution in [0.25, 0.3) is 16.2 Å². The second kappa shape index (κ2) is 6.18. The van der Waals surface area contributed by atoms with E-state index < -0.39 is 0 Å². The predicted octanol–water partition coefficient (Wildman–Crippen LogP) is 3.24. The molecule has 0 bridgehead atoms. The number of rotatable bonds is 4. The molecular formula is C16H19N5OS2. The zero-order chi connectivity index (χ0) is 17.5. The second-order valence-electron chi connectivity index (χ2n) is 6.35. The van der Waals surface area contributed by atoms with Crippen LogP contribution >= 0.6 is 23.1 Å². The van der Waals surface area contributed by atoms with E-state index in [9.17, 15) is 4.79 Å². The van der Waals surface area contributed by atoms with Gasteiger partial charge in [-0.3, -0.25) is 4.79 Å². The van der Waals surface area contributed by atoms with Gasteiger partial charge in [0.1, 0.15) is 5.39 Å². The van der Waals surface area contributed by atoms with Gasteiger partial charge in [-0.15, -0.1) is 17.9 Å². The predicted molar refractivity (Wildman–Crippen MR) is 99.5 cm³/mol. The molecule has 3 aromatic heterocycles. The number of nitrogens with zero attached hydrogens (tertiary/aromatic N) is 5. The van der Waals surface area contributed by atoms with Crippen molar-refractivity contribution in [1.29, 1.82) is 0 Å². The van der Waals surface area contributed by atoms with Crippen molar-refractivity contribution in [3.63, 3.8) is 0 Å². The molecule has 6 nitrogen and oxygen atoms in total. The Bertz CT molecular complexity index is 961. The van der Waals surface area contributed by atoms with Crippen LogP contribution in [0.4, 0.5) is 0 Å². The van der Waals surface area contributed by atoms with E-state index in [1.807, 2.05) is 11.6 Å². The Morgan fingerprint density at radius 3 is 2.71 bits per heavy atom. The third-order valence-corrected chi connectivity index (χ3v) is 4.96. The van der Waals surface area contributed by atoms with Crippen LogP contribution in [0.5, 0.6) is 0 Å². The Labute approximate surface area is 148 Å². The normalized spacial score (nSPS) is 12.0. The van der Waals surface area contributed by atoms with Crippen molar-refractivity contribution in [2.24, 2.45) is 0 Å². The summed E-state index contributed by atoms with van der Waals surface area (Å²) < 4.78 is 3.38. The Morgan fingerprint density at radius 1 is 1.38 bits per heavy atom. The maximum absolute atomic E-state index is 12.7. The van der Waals surface area contributed by atoms with Crippen LogP contribution in [0.1, 0.15) is 26.5 Å². The largest absolute Gasteiger partial charge is 0.278 e. The fourth-order valence-corrected chi connectivity index (χ4v) is 3.69. The van der Waals surface area contributed by atoms with Crippen molar-refractivity contribution in [2.45, 2.75) is 37.9 Å². The van der Waals surface area contributed by atoms with Gasteiger partial charge in [0.05, 0.1) is 12.2 Å². The van der Waals surface area contributed by atoms with Crippen molar-refractivity contribution in [1.82, 2.24) is 24.3 Å². The lowest BCUT2D eigenvalue weighted by Crippen LogP contribution is -2.21. The van der Waals surface area contributed by atoms with Crippen LogP contribution in [0.2, 0.25) is 0 Å². The molecule has 3 rings (SSSR count). The van der Waals surface area contributed by atoms with Crippen LogP contribution < -0.4 is 5.56 Å². The molecule has 126 valence electrons. The molecule has 0 atom stereocenters. The minimum absolute atomic E-state index is 0.0549. The highest BCUT2D eigenvalue weighted by Gasteiger charge is 2.22. The van der Waals surface area contributed by atoms with E-state index in [-0.39, 0.29) is 11.0 Å². The van der Waals surface area contributed by atoms with Gasteiger partial charge in [-0.2, -0.15) is 0 Å². The molecule has 3 heterocycles. The molecule has 0 radical (unpaired) electrons. The van der Waals surface area contributed by atoms with Gasteiger partial charge >= 0.3 is 0 Å². The second-order valence-corrected chi connectivity index (χ2v) is 7.96. The number of fused-ring (bicyclic) bond motifs is 1. The standard InChI is InChI=1S/C16H19N5OS2/c1-6-7-20-13(22)10-8-17-14(23-5)19-12(10)21(20)15-18-11(9-24-15)16(2,3)4/h6,8-9H,1,7H2,2-5H3. The summed E-state index contributed by atoms with van der Waals surface area (Å²) in [5, 5.41) is 3.86. The topological polar surface area (TPSA) is 65.6 Å². The highest BCUT2D eigenvalue weighted by atomic mass is 32.2. The number of hydrogen-bond donors (Lipinski definition) is 0. The highest BCUT2D eigenvalue weighted by molar-refractivity contribution is 7.98. The van der Waals surface area contributed by atoms with Gasteiger partial charge in [0.2, 0.25) is 5.13 Å². The van der Waals surface area contributed by atoms with Crippen molar-refractivity contribution in [3.8, 4) is 5.13 Å². The van der Waals surface area contributed by atoms with E-state index >= 15 is 0 Å². The molecule has 0 amide bonds. The smallest absolute Gasteiger partial charge is 0.267 e. The lowest BCUT2D eigenvalue weighted by atomic mass is 9.93. The molecule has 0 aromatic carbocycles. The van der Waals surface area contributed by atoms with Gasteiger partial charge in [0, 0.05) is 17.0 Å². The third kappa shape index (κ3) is 2.80. The molecule has 0 aliphatic heterocycles. The molecule has 0 unspecified atom stereocenters. The Morgan fingerprint density at radius 2 is 2.12 bits per heavy atom. The third-order valence-electron chi connectivity index (χ3n) is 3.58. The van der Waals surface area contributed by atoms with Gasteiger partial charge in [-0.1, -0.05) is 38.6 Å². The van der Waals surface area contributed by atoms with Gasteiger partial charge in [0.15, 0.2) is 10.8 Å². The van der Waals surface area contributed by atoms with Crippen molar-refractivity contribution < 1.29 is 0 Å². The minimum atomic E-state index is -0.134. The SMILES string of the molecule is C=CCn1c(=O)c2cnc(SC)nc2n1-c1nc(C(C)(C)C)cs1. The molecule has 0 spiro atoms. The van der Waals surface area contributed by atoms with Gasteiger partial charge in [0.25, 0.3) is 5.56 Å². The van der Waals surface area contributed by atoms with Gasteiger partial charge < -0.3 is 0 Å². The Balaban J connectivity index is 2.32. The van der Waals surface area contributed by atoms with E-state index in [2.05, 4.69) is 37.3 Å². The van der Waals surface area contributed by atoms with Gasteiger partial charge in [-0.25, -0.2) is 24.3 Å². The average Bonchev–Trinajstić information content (AvgIpc) is 3.12. The quantitative estimate of drug-likeness (QED) is 0.405. The lowest BCUT2D eigenvalue weighted by molar-refractivity contribution is 0.563. The van der Waals surface area contributed by atoms with Crippen LogP contribution in [0.15, 0.2) is 34.2 Å². The lowest BCUT2D eigenvalue weighted by Gasteiger charge is -2.14. The van der Waals surface area contributed by atoms with E-state index in [0.29, 0.717) is 22.7 Å². The minimum Gasteiger partial charge on any atom is -0.267 e. The molecule has 3 aromatic rings. The summed E-state index contributed by atoms with van der Waals surface area (Å²) in [6, 6.07) is 0. The van der Waals surface area contributed by atoms with Crippen molar-refractivity contribution in [2.75, 3.05) is 6.26 Å². The van der Waals surface area contributed by atoms with Crippen molar-refractivity contribution >= 4 is 34.1 Å². The molecule has 24 heavy (non-hydrogen) atoms. The van der Waals surface area contributed by atoms with E-state index in [1.165, 1.54) is 23.1 Å². The van der Waals surface area contributed by atoms with E-state index in [1.54, 1.807) is 21.6 Å². The highest BCUT2D eigenvalue weighted by Crippen LogP contribution is 2.27. The zero-order valence-corrected chi connectivity index (χ0v) is 15.7. The number of thioether (sulfide) groups is 1. The van der Waals surface area contributed by atoms with Crippen LogP contribution in [-0.2, 0) is 12.0 Å². The van der Waals surface area contributed by atoms with E-state index in [4.69, 9.17) is 4.98 Å². The first kappa shape index (κ1) is 16.9. The molecule has 0 aliphatic carbocycles. The summed E-state index contributed by atoms with van der Waals surface area (Å²) >= 11 is 2.94. The number of hydrogen-bond acceptors (Lipinski definition) is 6. The first-order valence-corrected chi connectivity index (χ1v) is 9.57. The Hall–Kier alpha value is -1.93. The molecule has 0 saturated carbocycles. The van der Waals surface area contributed by atoms with Gasteiger partial charge in [-0.05, 0) is 6.26 Å². The summed E-state index contributed by atoms with van der Waals surface area (Å²) in [6.07, 6.45) is 5.19. The maximum atomic E-state index is 12.7. The average molecular weight is 361 g/mol. The number of allylic oxidation sites excluding steroid dienone is 1. The summed E-state index contributed by atoms with van der Waals surface area (Å²) in [4.78, 5) is 26.2. The van der Waals surface area contributed by atoms with Crippen molar-refractivity contribution in [3.05, 3.63) is 40.3 Å². The molecule has 0 N–H and O–H groups in total. The summed E-state index contributed by atoms with van der Waals surface area (Å²) in [5.74, 6) is 0. The summed E-state index contributed by atoms with van der Waals surface area (Å²) in [5.41, 5.74) is 1.38. The molecule has 0 fully saturated rings. The first-order valence-electron chi connectivity index (χ1n) is 7.46. The molecular weight excluding hydrogens is 342 g/mol. The monoisotopic (exact) mass is 361 g/mol. The fourth-order valence-electron chi connectivity index (χ4n) is 2.30. The zero-order valence-electron chi connectivity index (χ0n) is 14.1. The number of thiazole rings is 1. The van der Waals surface area contributed by atoms with Crippen LogP contribution in [0, 0.1) is 0 Å². The molecule has 8 heteroatoms. The maximum Gasteiger partial charge on any atom is 0.278 e. The van der Waals surface area contributed by atoms with E-state index in [0.717, 1.165) is 10.8 Å². The fraction of sp³-hybridized carbons (Fsp3) is 0.375. The first-order chi connectivity index (χ1) is 11.4. The molecule has 0 aliphatic rings. The molecule has 0 saturated heterocycles. The number of aromatic nitrogens is 5. The summed E-state index contributed by atoms with van der Waals surface area (Å²) in [6.45, 7) is 10.5. The summed E-state index contributed by atoms with van der Waals surface area (Å²) in [7, 11) is 0. The Kier molecular flexibility index (Phi) is 4.35. The van der Waals surface area contributed by atoms with Crippen LogP contribution in [0.3, 0.4) is 0 Å².